The Morgan fingerprint density at radius 2 is 2.17 bits per heavy atom. The highest BCUT2D eigenvalue weighted by Crippen LogP contribution is 2.40. The van der Waals surface area contributed by atoms with E-state index in [0.29, 0.717) is 5.82 Å². The van der Waals surface area contributed by atoms with Gasteiger partial charge < -0.3 is 5.32 Å². The molecule has 1 N–H and O–H groups in total. The number of aromatic nitrogens is 2. The van der Waals surface area contributed by atoms with Crippen molar-refractivity contribution in [3.05, 3.63) is 63.5 Å². The molecule has 1 aliphatic carbocycles. The molecule has 24 heavy (non-hydrogen) atoms. The Kier molecular flexibility index (Phi) is 4.20. The topological polar surface area (TPSA) is 98.0 Å². The van der Waals surface area contributed by atoms with E-state index in [1.54, 1.807) is 12.3 Å². The molecule has 1 saturated carbocycles. The van der Waals surface area contributed by atoms with E-state index in [2.05, 4.69) is 15.3 Å². The molecule has 0 radical (unpaired) electrons. The number of aryl methyl sites for hydroxylation is 1. The van der Waals surface area contributed by atoms with Crippen LogP contribution in [0.5, 0.6) is 0 Å². The molecule has 0 saturated heterocycles. The van der Waals surface area contributed by atoms with E-state index in [4.69, 9.17) is 0 Å². The van der Waals surface area contributed by atoms with Gasteiger partial charge in [0.25, 0.3) is 11.6 Å². The fraction of sp³-hybridized carbons (Fsp3) is 0.312. The second kappa shape index (κ2) is 6.31. The Balaban J connectivity index is 1.90. The number of halogens is 1. The van der Waals surface area contributed by atoms with Crippen LogP contribution >= 0.6 is 0 Å². The maximum atomic E-state index is 13.4. The van der Waals surface area contributed by atoms with Gasteiger partial charge in [0, 0.05) is 18.0 Å². The van der Waals surface area contributed by atoms with Crippen LogP contribution in [0.4, 0.5) is 10.1 Å². The molecule has 1 unspecified atom stereocenters. The van der Waals surface area contributed by atoms with E-state index in [1.807, 2.05) is 6.92 Å². The third-order valence-electron chi connectivity index (χ3n) is 3.87. The molecule has 1 aromatic carbocycles. The van der Waals surface area contributed by atoms with Crippen LogP contribution < -0.4 is 5.32 Å². The molecule has 0 aliphatic heterocycles. The zero-order valence-electron chi connectivity index (χ0n) is 12.9. The summed E-state index contributed by atoms with van der Waals surface area (Å²) in [7, 11) is 0. The number of benzene rings is 1. The molecular weight excluding hydrogens is 315 g/mol. The van der Waals surface area contributed by atoms with Crippen LogP contribution in [0.15, 0.2) is 30.5 Å². The minimum atomic E-state index is -0.708. The lowest BCUT2D eigenvalue weighted by atomic mass is 10.1. The third kappa shape index (κ3) is 3.37. The van der Waals surface area contributed by atoms with Crippen molar-refractivity contribution >= 4 is 11.6 Å². The van der Waals surface area contributed by atoms with Crippen molar-refractivity contribution in [2.45, 2.75) is 25.8 Å². The van der Waals surface area contributed by atoms with E-state index in [-0.39, 0.29) is 11.5 Å². The fourth-order valence-electron chi connectivity index (χ4n) is 2.51. The van der Waals surface area contributed by atoms with Gasteiger partial charge >= 0.3 is 0 Å². The number of nitro groups is 1. The average molecular weight is 330 g/mol. The van der Waals surface area contributed by atoms with Crippen LogP contribution in [-0.4, -0.2) is 20.8 Å². The molecule has 124 valence electrons. The SMILES string of the molecule is Cc1ccnc(C(NC(=O)c2cc(F)ccc2[N+](=O)[O-])C2CC2)n1. The molecule has 1 heterocycles. The number of amides is 1. The predicted molar refractivity (Wildman–Crippen MR) is 82.8 cm³/mol. The van der Waals surface area contributed by atoms with Crippen molar-refractivity contribution < 1.29 is 14.1 Å². The van der Waals surface area contributed by atoms with Gasteiger partial charge in [0.2, 0.25) is 0 Å². The Hall–Kier alpha value is -2.90. The number of hydrogen-bond acceptors (Lipinski definition) is 5. The maximum Gasteiger partial charge on any atom is 0.282 e. The molecule has 2 aromatic rings. The van der Waals surface area contributed by atoms with Crippen molar-refractivity contribution in [2.24, 2.45) is 5.92 Å². The summed E-state index contributed by atoms with van der Waals surface area (Å²) in [4.78, 5) is 31.4. The number of carbonyl (C=O) groups excluding carboxylic acids is 1. The van der Waals surface area contributed by atoms with E-state index in [0.717, 1.165) is 36.7 Å². The van der Waals surface area contributed by atoms with Crippen LogP contribution in [0, 0.1) is 28.8 Å². The van der Waals surface area contributed by atoms with Gasteiger partial charge in [-0.25, -0.2) is 14.4 Å². The van der Waals surface area contributed by atoms with Crippen molar-refractivity contribution in [3.8, 4) is 0 Å². The van der Waals surface area contributed by atoms with Crippen LogP contribution in [0.1, 0.15) is 40.8 Å². The quantitative estimate of drug-likeness (QED) is 0.671. The first-order valence-corrected chi connectivity index (χ1v) is 7.50. The average Bonchev–Trinajstić information content (AvgIpc) is 3.36. The highest BCUT2D eigenvalue weighted by molar-refractivity contribution is 5.98. The van der Waals surface area contributed by atoms with Crippen LogP contribution in [0.25, 0.3) is 0 Å². The Morgan fingerprint density at radius 3 is 2.79 bits per heavy atom. The van der Waals surface area contributed by atoms with E-state index >= 15 is 0 Å². The summed E-state index contributed by atoms with van der Waals surface area (Å²) in [6.07, 6.45) is 3.42. The van der Waals surface area contributed by atoms with Gasteiger partial charge in [-0.2, -0.15) is 0 Å². The minimum Gasteiger partial charge on any atom is -0.342 e. The molecule has 1 fully saturated rings. The molecule has 8 heteroatoms. The van der Waals surface area contributed by atoms with E-state index in [9.17, 15) is 19.3 Å². The van der Waals surface area contributed by atoms with Crippen LogP contribution in [0.3, 0.4) is 0 Å². The maximum absolute atomic E-state index is 13.4. The summed E-state index contributed by atoms with van der Waals surface area (Å²) in [5.74, 6) is -0.767. The minimum absolute atomic E-state index is 0.184. The normalized spacial score (nSPS) is 14.9. The molecule has 1 atom stereocenters. The Labute approximate surface area is 137 Å². The zero-order chi connectivity index (χ0) is 17.3. The van der Waals surface area contributed by atoms with Gasteiger partial charge in [-0.05, 0) is 43.9 Å². The number of carbonyl (C=O) groups is 1. The van der Waals surface area contributed by atoms with Gasteiger partial charge in [0.05, 0.1) is 11.0 Å². The summed E-state index contributed by atoms with van der Waals surface area (Å²) in [5, 5.41) is 13.8. The third-order valence-corrected chi connectivity index (χ3v) is 3.87. The van der Waals surface area contributed by atoms with Crippen molar-refractivity contribution in [1.29, 1.82) is 0 Å². The first kappa shape index (κ1) is 16.0. The molecule has 7 nitrogen and oxygen atoms in total. The second-order valence-corrected chi connectivity index (χ2v) is 5.76. The van der Waals surface area contributed by atoms with Crippen molar-refractivity contribution in [1.82, 2.24) is 15.3 Å². The second-order valence-electron chi connectivity index (χ2n) is 5.76. The van der Waals surface area contributed by atoms with Crippen molar-refractivity contribution in [3.63, 3.8) is 0 Å². The first-order chi connectivity index (χ1) is 11.5. The van der Waals surface area contributed by atoms with Crippen LogP contribution in [0.2, 0.25) is 0 Å². The lowest BCUT2D eigenvalue weighted by molar-refractivity contribution is -0.385. The fourth-order valence-corrected chi connectivity index (χ4v) is 2.51. The molecule has 1 amide bonds. The summed E-state index contributed by atoms with van der Waals surface area (Å²) >= 11 is 0. The summed E-state index contributed by atoms with van der Waals surface area (Å²) < 4.78 is 13.4. The van der Waals surface area contributed by atoms with Crippen molar-refractivity contribution in [2.75, 3.05) is 0 Å². The number of rotatable bonds is 5. The highest BCUT2D eigenvalue weighted by Gasteiger charge is 2.36. The molecule has 1 aliphatic rings. The van der Waals surface area contributed by atoms with Gasteiger partial charge in [-0.1, -0.05) is 0 Å². The molecular formula is C16H15FN4O3. The monoisotopic (exact) mass is 330 g/mol. The summed E-state index contributed by atoms with van der Waals surface area (Å²) in [6, 6.07) is 4.11. The van der Waals surface area contributed by atoms with Gasteiger partial charge in [0.1, 0.15) is 11.4 Å². The lowest BCUT2D eigenvalue weighted by Crippen LogP contribution is -2.31. The number of nitrogens with one attached hydrogen (secondary N) is 1. The van der Waals surface area contributed by atoms with Gasteiger partial charge in [0.15, 0.2) is 5.82 Å². The zero-order valence-corrected chi connectivity index (χ0v) is 12.9. The van der Waals surface area contributed by atoms with E-state index < -0.39 is 28.4 Å². The summed E-state index contributed by atoms with van der Waals surface area (Å²) in [6.45, 7) is 1.81. The largest absolute Gasteiger partial charge is 0.342 e. The summed E-state index contributed by atoms with van der Waals surface area (Å²) in [5.41, 5.74) is 0.0172. The first-order valence-electron chi connectivity index (χ1n) is 7.50. The van der Waals surface area contributed by atoms with Crippen LogP contribution in [-0.2, 0) is 0 Å². The highest BCUT2D eigenvalue weighted by atomic mass is 19.1. The predicted octanol–water partition coefficient (Wildman–Crippen LogP) is 2.71. The lowest BCUT2D eigenvalue weighted by Gasteiger charge is -2.17. The molecule has 0 bridgehead atoms. The smallest absolute Gasteiger partial charge is 0.282 e. The Morgan fingerprint density at radius 1 is 1.42 bits per heavy atom. The number of nitro benzene ring substituents is 1. The standard InChI is InChI=1S/C16H15FN4O3/c1-9-6-7-18-15(19-9)14(10-2-3-10)20-16(22)12-8-11(17)4-5-13(12)21(23)24/h4-8,10,14H,2-3H2,1H3,(H,20,22). The number of hydrogen-bond donors (Lipinski definition) is 1. The Bertz CT molecular complexity index is 808. The van der Waals surface area contributed by atoms with Gasteiger partial charge in [-0.15, -0.1) is 0 Å². The molecule has 3 rings (SSSR count). The molecule has 1 aromatic heterocycles. The van der Waals surface area contributed by atoms with Gasteiger partial charge in [-0.3, -0.25) is 14.9 Å². The van der Waals surface area contributed by atoms with E-state index in [1.165, 1.54) is 0 Å². The number of nitrogens with zero attached hydrogens (tertiary/aromatic N) is 3. The molecule has 0 spiro atoms.